The highest BCUT2D eigenvalue weighted by atomic mass is 79.9. The lowest BCUT2D eigenvalue weighted by molar-refractivity contribution is -0.152. The molecule has 1 atom stereocenters. The molecule has 2 N–H and O–H groups in total. The van der Waals surface area contributed by atoms with E-state index in [1.807, 2.05) is 18.2 Å². The van der Waals surface area contributed by atoms with Crippen LogP contribution in [-0.4, -0.2) is 13.1 Å². The second-order valence-corrected chi connectivity index (χ2v) is 6.07. The number of hydrogen-bond acceptors (Lipinski definition) is 3. The van der Waals surface area contributed by atoms with Crippen LogP contribution in [0, 0.1) is 5.41 Å². The summed E-state index contributed by atoms with van der Waals surface area (Å²) in [5, 5.41) is 0. The number of halogens is 2. The number of rotatable bonds is 3. The Morgan fingerprint density at radius 3 is 2.41 bits per heavy atom. The summed E-state index contributed by atoms with van der Waals surface area (Å²) in [5.74, 6) is -0.316. The number of carbonyl (C=O) groups is 1. The van der Waals surface area contributed by atoms with Crippen LogP contribution in [0.5, 0.6) is 0 Å². The van der Waals surface area contributed by atoms with E-state index in [0.717, 1.165) is 14.5 Å². The molecule has 0 saturated carbocycles. The van der Waals surface area contributed by atoms with Crippen LogP contribution < -0.4 is 5.73 Å². The quantitative estimate of drug-likeness (QED) is 0.836. The van der Waals surface area contributed by atoms with Gasteiger partial charge in [-0.3, -0.25) is 4.79 Å². The second kappa shape index (κ2) is 5.50. The van der Waals surface area contributed by atoms with Gasteiger partial charge in [0, 0.05) is 15.0 Å². The van der Waals surface area contributed by atoms with E-state index in [4.69, 9.17) is 10.5 Å². The lowest BCUT2D eigenvalue weighted by Crippen LogP contribution is -2.37. The first-order chi connectivity index (χ1) is 7.80. The lowest BCUT2D eigenvalue weighted by atomic mass is 9.81. The van der Waals surface area contributed by atoms with E-state index in [1.54, 1.807) is 13.8 Å². The molecule has 0 aliphatic rings. The van der Waals surface area contributed by atoms with Gasteiger partial charge < -0.3 is 10.5 Å². The zero-order valence-electron chi connectivity index (χ0n) is 9.96. The highest BCUT2D eigenvalue weighted by molar-refractivity contribution is 9.13. The first kappa shape index (κ1) is 14.7. The van der Waals surface area contributed by atoms with Crippen molar-refractivity contribution in [2.75, 3.05) is 7.11 Å². The van der Waals surface area contributed by atoms with Gasteiger partial charge in [-0.15, -0.1) is 0 Å². The Labute approximate surface area is 118 Å². The van der Waals surface area contributed by atoms with E-state index in [1.165, 1.54) is 7.11 Å². The molecule has 0 unspecified atom stereocenters. The molecule has 0 heterocycles. The van der Waals surface area contributed by atoms with Gasteiger partial charge in [-0.1, -0.05) is 6.07 Å². The molecular weight excluding hydrogens is 350 g/mol. The van der Waals surface area contributed by atoms with Gasteiger partial charge in [-0.05, 0) is 63.4 Å². The van der Waals surface area contributed by atoms with Crippen molar-refractivity contribution in [2.24, 2.45) is 11.1 Å². The predicted octanol–water partition coefficient (Wildman–Crippen LogP) is 3.41. The van der Waals surface area contributed by atoms with Gasteiger partial charge >= 0.3 is 5.97 Å². The molecule has 0 aliphatic heterocycles. The van der Waals surface area contributed by atoms with E-state index in [-0.39, 0.29) is 5.97 Å². The average Bonchev–Trinajstić information content (AvgIpc) is 2.30. The van der Waals surface area contributed by atoms with Crippen LogP contribution in [0.15, 0.2) is 27.1 Å². The molecule has 94 valence electrons. The second-order valence-electron chi connectivity index (χ2n) is 4.36. The molecular formula is C12H15Br2NO2. The van der Waals surface area contributed by atoms with Crippen molar-refractivity contribution < 1.29 is 9.53 Å². The molecule has 0 spiro atoms. The van der Waals surface area contributed by atoms with Crippen molar-refractivity contribution in [3.63, 3.8) is 0 Å². The number of ether oxygens (including phenoxy) is 1. The van der Waals surface area contributed by atoms with Crippen LogP contribution in [0.3, 0.4) is 0 Å². The maximum absolute atomic E-state index is 11.7. The van der Waals surface area contributed by atoms with Gasteiger partial charge in [0.05, 0.1) is 12.5 Å². The fourth-order valence-corrected chi connectivity index (χ4v) is 2.16. The number of methoxy groups -OCH3 is 1. The van der Waals surface area contributed by atoms with Crippen LogP contribution in [0.1, 0.15) is 25.5 Å². The Morgan fingerprint density at radius 2 is 1.94 bits per heavy atom. The minimum Gasteiger partial charge on any atom is -0.469 e. The molecule has 0 aliphatic carbocycles. The summed E-state index contributed by atoms with van der Waals surface area (Å²) in [6.45, 7) is 3.55. The van der Waals surface area contributed by atoms with Crippen molar-refractivity contribution in [3.8, 4) is 0 Å². The summed E-state index contributed by atoms with van der Waals surface area (Å²) >= 11 is 6.81. The Balaban J connectivity index is 3.07. The number of esters is 1. The monoisotopic (exact) mass is 363 g/mol. The normalized spacial score (nSPS) is 13.3. The van der Waals surface area contributed by atoms with E-state index in [0.29, 0.717) is 0 Å². The number of nitrogens with two attached hydrogens (primary N) is 1. The van der Waals surface area contributed by atoms with Gasteiger partial charge in [-0.25, -0.2) is 0 Å². The van der Waals surface area contributed by atoms with Crippen molar-refractivity contribution in [3.05, 3.63) is 32.7 Å². The maximum Gasteiger partial charge on any atom is 0.313 e. The molecule has 17 heavy (non-hydrogen) atoms. The summed E-state index contributed by atoms with van der Waals surface area (Å²) in [4.78, 5) is 11.7. The molecule has 0 aromatic heterocycles. The van der Waals surface area contributed by atoms with Gasteiger partial charge in [0.2, 0.25) is 0 Å². The van der Waals surface area contributed by atoms with Crippen LogP contribution >= 0.6 is 31.9 Å². The molecule has 3 nitrogen and oxygen atoms in total. The third-order valence-electron chi connectivity index (χ3n) is 2.79. The minimum absolute atomic E-state index is 0.316. The van der Waals surface area contributed by atoms with Crippen molar-refractivity contribution >= 4 is 37.8 Å². The zero-order valence-corrected chi connectivity index (χ0v) is 13.1. The molecule has 1 aromatic rings. The molecule has 0 amide bonds. The molecule has 0 bridgehead atoms. The fraction of sp³-hybridized carbons (Fsp3) is 0.417. The van der Waals surface area contributed by atoms with E-state index in [9.17, 15) is 4.79 Å². The summed E-state index contributed by atoms with van der Waals surface area (Å²) in [5.41, 5.74) is 6.25. The lowest BCUT2D eigenvalue weighted by Gasteiger charge is -2.29. The van der Waals surface area contributed by atoms with Crippen molar-refractivity contribution in [2.45, 2.75) is 19.9 Å². The Morgan fingerprint density at radius 1 is 1.35 bits per heavy atom. The molecule has 5 heteroatoms. The Bertz CT molecular complexity index is 433. The molecule has 0 fully saturated rings. The maximum atomic E-state index is 11.7. The van der Waals surface area contributed by atoms with E-state index in [2.05, 4.69) is 31.9 Å². The number of hydrogen-bond donors (Lipinski definition) is 1. The molecule has 1 aromatic carbocycles. The van der Waals surface area contributed by atoms with E-state index < -0.39 is 11.5 Å². The topological polar surface area (TPSA) is 52.3 Å². The third-order valence-corrected chi connectivity index (χ3v) is 4.67. The molecule has 0 saturated heterocycles. The summed E-state index contributed by atoms with van der Waals surface area (Å²) < 4.78 is 6.63. The number of carbonyl (C=O) groups excluding carboxylic acids is 1. The Kier molecular flexibility index (Phi) is 4.75. The van der Waals surface area contributed by atoms with Gasteiger partial charge in [0.1, 0.15) is 0 Å². The smallest absolute Gasteiger partial charge is 0.313 e. The standard InChI is InChI=1S/C12H15Br2NO2/c1-12(2,11(16)17-3)10(15)7-4-5-8(13)9(14)6-7/h4-6,10H,15H2,1-3H3/t10-/m0/s1. The predicted molar refractivity (Wildman–Crippen MR) is 74.6 cm³/mol. The van der Waals surface area contributed by atoms with Crippen LogP contribution in [0.2, 0.25) is 0 Å². The molecule has 0 radical (unpaired) electrons. The van der Waals surface area contributed by atoms with Crippen LogP contribution in [0.4, 0.5) is 0 Å². The third kappa shape index (κ3) is 3.09. The largest absolute Gasteiger partial charge is 0.469 e. The van der Waals surface area contributed by atoms with Gasteiger partial charge in [0.15, 0.2) is 0 Å². The van der Waals surface area contributed by atoms with E-state index >= 15 is 0 Å². The fourth-order valence-electron chi connectivity index (χ4n) is 1.51. The first-order valence-corrected chi connectivity index (χ1v) is 6.68. The first-order valence-electron chi connectivity index (χ1n) is 5.09. The average molecular weight is 365 g/mol. The van der Waals surface area contributed by atoms with Gasteiger partial charge in [0.25, 0.3) is 0 Å². The summed E-state index contributed by atoms with van der Waals surface area (Å²) in [7, 11) is 1.37. The highest BCUT2D eigenvalue weighted by Crippen LogP contribution is 2.35. The van der Waals surface area contributed by atoms with Crippen LogP contribution in [0.25, 0.3) is 0 Å². The van der Waals surface area contributed by atoms with Crippen molar-refractivity contribution in [1.29, 1.82) is 0 Å². The Hall–Kier alpha value is -0.390. The summed E-state index contributed by atoms with van der Waals surface area (Å²) in [6, 6.07) is 5.27. The SMILES string of the molecule is COC(=O)C(C)(C)[C@@H](N)c1ccc(Br)c(Br)c1. The number of benzene rings is 1. The van der Waals surface area contributed by atoms with Crippen molar-refractivity contribution in [1.82, 2.24) is 0 Å². The summed E-state index contributed by atoms with van der Waals surface area (Å²) in [6.07, 6.45) is 0. The molecule has 1 rings (SSSR count). The zero-order chi connectivity index (χ0) is 13.2. The van der Waals surface area contributed by atoms with Gasteiger partial charge in [-0.2, -0.15) is 0 Å². The van der Waals surface area contributed by atoms with Crippen LogP contribution in [-0.2, 0) is 9.53 Å². The minimum atomic E-state index is -0.762. The highest BCUT2D eigenvalue weighted by Gasteiger charge is 2.36.